The smallest absolute Gasteiger partial charge is 0.222 e. The lowest BCUT2D eigenvalue weighted by atomic mass is 10.1. The van der Waals surface area contributed by atoms with Crippen LogP contribution in [0.3, 0.4) is 0 Å². The minimum absolute atomic E-state index is 0.00493. The molecule has 100 valence electrons. The highest BCUT2D eigenvalue weighted by Gasteiger charge is 2.16. The number of amides is 1. The fourth-order valence-corrected chi connectivity index (χ4v) is 1.97. The van der Waals surface area contributed by atoms with Crippen molar-refractivity contribution in [2.24, 2.45) is 0 Å². The summed E-state index contributed by atoms with van der Waals surface area (Å²) in [6.07, 6.45) is 1.87. The summed E-state index contributed by atoms with van der Waals surface area (Å²) < 4.78 is 0. The van der Waals surface area contributed by atoms with Gasteiger partial charge in [-0.15, -0.1) is 0 Å². The number of hydrogen-bond donors (Lipinski definition) is 1. The number of unbranched alkanes of at least 4 members (excludes halogenated alkanes) is 1. The molecule has 4 heteroatoms. The fraction of sp³-hybridized carbons (Fsp3) is 0.500. The molecule has 0 fully saturated rings. The Kier molecular flexibility index (Phi) is 6.16. The van der Waals surface area contributed by atoms with Crippen molar-refractivity contribution in [3.8, 4) is 0 Å². The zero-order valence-corrected chi connectivity index (χ0v) is 11.7. The first-order chi connectivity index (χ1) is 8.56. The molecule has 0 aliphatic carbocycles. The third-order valence-corrected chi connectivity index (χ3v) is 3.34. The van der Waals surface area contributed by atoms with Gasteiger partial charge in [0.2, 0.25) is 5.91 Å². The summed E-state index contributed by atoms with van der Waals surface area (Å²) in [5, 5.41) is 9.38. The summed E-state index contributed by atoms with van der Waals surface area (Å²) >= 11 is 5.94. The molecular formula is C14H20ClNO2. The van der Waals surface area contributed by atoms with Crippen LogP contribution >= 0.6 is 11.6 Å². The van der Waals surface area contributed by atoms with Gasteiger partial charge in [0, 0.05) is 25.1 Å². The van der Waals surface area contributed by atoms with E-state index in [0.717, 1.165) is 12.0 Å². The van der Waals surface area contributed by atoms with Gasteiger partial charge in [0.15, 0.2) is 0 Å². The zero-order chi connectivity index (χ0) is 13.5. The van der Waals surface area contributed by atoms with Crippen molar-refractivity contribution in [2.45, 2.75) is 32.2 Å². The van der Waals surface area contributed by atoms with E-state index in [0.29, 0.717) is 17.9 Å². The van der Waals surface area contributed by atoms with E-state index >= 15 is 0 Å². The van der Waals surface area contributed by atoms with Crippen LogP contribution in [-0.4, -0.2) is 29.6 Å². The Hall–Kier alpha value is -1.06. The van der Waals surface area contributed by atoms with Gasteiger partial charge in [-0.25, -0.2) is 0 Å². The largest absolute Gasteiger partial charge is 0.396 e. The highest BCUT2D eigenvalue weighted by atomic mass is 35.5. The van der Waals surface area contributed by atoms with Gasteiger partial charge in [0.05, 0.1) is 6.04 Å². The SMILES string of the molecule is CC(c1cccc(Cl)c1)N(C)C(=O)CCCCO. The molecule has 1 aromatic rings. The lowest BCUT2D eigenvalue weighted by molar-refractivity contribution is -0.131. The Labute approximate surface area is 113 Å². The Balaban J connectivity index is 2.60. The molecular weight excluding hydrogens is 250 g/mol. The molecule has 0 radical (unpaired) electrons. The first-order valence-electron chi connectivity index (χ1n) is 6.18. The number of nitrogens with zero attached hydrogens (tertiary/aromatic N) is 1. The highest BCUT2D eigenvalue weighted by Crippen LogP contribution is 2.22. The number of rotatable bonds is 6. The summed E-state index contributed by atoms with van der Waals surface area (Å²) in [5.74, 6) is 0.0934. The average molecular weight is 270 g/mol. The predicted octanol–water partition coefficient (Wildman–Crippen LogP) is 3.02. The van der Waals surface area contributed by atoms with Crippen molar-refractivity contribution < 1.29 is 9.90 Å². The van der Waals surface area contributed by atoms with E-state index in [1.54, 1.807) is 11.9 Å². The van der Waals surface area contributed by atoms with Crippen molar-refractivity contribution in [2.75, 3.05) is 13.7 Å². The van der Waals surface area contributed by atoms with E-state index in [-0.39, 0.29) is 18.6 Å². The van der Waals surface area contributed by atoms with Crippen molar-refractivity contribution in [1.82, 2.24) is 4.90 Å². The highest BCUT2D eigenvalue weighted by molar-refractivity contribution is 6.30. The molecule has 0 saturated carbocycles. The topological polar surface area (TPSA) is 40.5 Å². The van der Waals surface area contributed by atoms with E-state index in [1.807, 2.05) is 31.2 Å². The van der Waals surface area contributed by atoms with E-state index in [2.05, 4.69) is 0 Å². The van der Waals surface area contributed by atoms with E-state index in [4.69, 9.17) is 16.7 Å². The lowest BCUT2D eigenvalue weighted by Gasteiger charge is -2.25. The number of aliphatic hydroxyl groups is 1. The number of carbonyl (C=O) groups is 1. The van der Waals surface area contributed by atoms with Crippen molar-refractivity contribution in [3.05, 3.63) is 34.9 Å². The van der Waals surface area contributed by atoms with Crippen LogP contribution in [0.4, 0.5) is 0 Å². The second-order valence-corrected chi connectivity index (χ2v) is 4.85. The number of aliphatic hydroxyl groups excluding tert-OH is 1. The monoisotopic (exact) mass is 269 g/mol. The normalized spacial score (nSPS) is 12.2. The fourth-order valence-electron chi connectivity index (χ4n) is 1.77. The van der Waals surface area contributed by atoms with Crippen LogP contribution in [-0.2, 0) is 4.79 Å². The van der Waals surface area contributed by atoms with Crippen LogP contribution < -0.4 is 0 Å². The molecule has 0 aliphatic rings. The zero-order valence-electron chi connectivity index (χ0n) is 10.9. The molecule has 1 rings (SSSR count). The van der Waals surface area contributed by atoms with Gasteiger partial charge in [-0.3, -0.25) is 4.79 Å². The molecule has 1 amide bonds. The standard InChI is InChI=1S/C14H20ClNO2/c1-11(12-6-5-7-13(15)10-12)16(2)14(18)8-3-4-9-17/h5-7,10-11,17H,3-4,8-9H2,1-2H3. The van der Waals surface area contributed by atoms with Crippen molar-refractivity contribution in [3.63, 3.8) is 0 Å². The third kappa shape index (κ3) is 4.31. The summed E-state index contributed by atoms with van der Waals surface area (Å²) in [5.41, 5.74) is 1.03. The van der Waals surface area contributed by atoms with Gasteiger partial charge in [0.25, 0.3) is 0 Å². The van der Waals surface area contributed by atoms with Gasteiger partial charge in [0.1, 0.15) is 0 Å². The molecule has 0 bridgehead atoms. The van der Waals surface area contributed by atoms with Crippen LogP contribution in [0.15, 0.2) is 24.3 Å². The molecule has 0 heterocycles. The maximum atomic E-state index is 11.9. The third-order valence-electron chi connectivity index (χ3n) is 3.10. The minimum Gasteiger partial charge on any atom is -0.396 e. The molecule has 3 nitrogen and oxygen atoms in total. The van der Waals surface area contributed by atoms with Crippen LogP contribution in [0, 0.1) is 0 Å². The average Bonchev–Trinajstić information content (AvgIpc) is 2.37. The molecule has 0 aliphatic heterocycles. The summed E-state index contributed by atoms with van der Waals surface area (Å²) in [6.45, 7) is 2.12. The van der Waals surface area contributed by atoms with Crippen LogP contribution in [0.1, 0.15) is 37.8 Å². The number of hydrogen-bond acceptors (Lipinski definition) is 2. The van der Waals surface area contributed by atoms with Gasteiger partial charge in [-0.05, 0) is 37.5 Å². The molecule has 1 N–H and O–H groups in total. The predicted molar refractivity (Wildman–Crippen MR) is 73.6 cm³/mol. The van der Waals surface area contributed by atoms with Crippen molar-refractivity contribution in [1.29, 1.82) is 0 Å². The Morgan fingerprint density at radius 3 is 2.78 bits per heavy atom. The maximum absolute atomic E-state index is 11.9. The number of benzene rings is 1. The molecule has 0 saturated heterocycles. The molecule has 1 atom stereocenters. The van der Waals surface area contributed by atoms with Crippen LogP contribution in [0.5, 0.6) is 0 Å². The van der Waals surface area contributed by atoms with Crippen molar-refractivity contribution >= 4 is 17.5 Å². The molecule has 18 heavy (non-hydrogen) atoms. The van der Waals surface area contributed by atoms with E-state index < -0.39 is 0 Å². The summed E-state index contributed by atoms with van der Waals surface area (Å²) in [7, 11) is 1.80. The van der Waals surface area contributed by atoms with E-state index in [1.165, 1.54) is 0 Å². The second-order valence-electron chi connectivity index (χ2n) is 4.42. The molecule has 0 spiro atoms. The molecule has 1 unspecified atom stereocenters. The first kappa shape index (κ1) is 15.0. The number of carbonyl (C=O) groups excluding carboxylic acids is 1. The van der Waals surface area contributed by atoms with Crippen LogP contribution in [0.25, 0.3) is 0 Å². The molecule has 1 aromatic carbocycles. The lowest BCUT2D eigenvalue weighted by Crippen LogP contribution is -2.29. The number of halogens is 1. The summed E-state index contributed by atoms with van der Waals surface area (Å²) in [6, 6.07) is 7.56. The van der Waals surface area contributed by atoms with E-state index in [9.17, 15) is 4.79 Å². The van der Waals surface area contributed by atoms with Gasteiger partial charge >= 0.3 is 0 Å². The summed E-state index contributed by atoms with van der Waals surface area (Å²) in [4.78, 5) is 13.7. The van der Waals surface area contributed by atoms with Gasteiger partial charge < -0.3 is 10.0 Å². The van der Waals surface area contributed by atoms with Gasteiger partial charge in [-0.1, -0.05) is 23.7 Å². The second kappa shape index (κ2) is 7.39. The Morgan fingerprint density at radius 1 is 1.44 bits per heavy atom. The molecule has 0 aromatic heterocycles. The maximum Gasteiger partial charge on any atom is 0.222 e. The van der Waals surface area contributed by atoms with Gasteiger partial charge in [-0.2, -0.15) is 0 Å². The first-order valence-corrected chi connectivity index (χ1v) is 6.56. The Bertz CT molecular complexity index is 395. The van der Waals surface area contributed by atoms with Crippen LogP contribution in [0.2, 0.25) is 5.02 Å². The Morgan fingerprint density at radius 2 is 2.17 bits per heavy atom. The minimum atomic E-state index is 0.00493. The quantitative estimate of drug-likeness (QED) is 0.807.